The normalized spacial score (nSPS) is 17.8. The first-order valence-corrected chi connectivity index (χ1v) is 6.64. The lowest BCUT2D eigenvalue weighted by Crippen LogP contribution is -2.46. The molecule has 2 rings (SSSR count). The van der Waals surface area contributed by atoms with Gasteiger partial charge in [-0.25, -0.2) is 4.98 Å². The third-order valence-electron chi connectivity index (χ3n) is 4.07. The molecule has 1 N–H and O–H groups in total. The van der Waals surface area contributed by atoms with Crippen molar-refractivity contribution in [3.05, 3.63) is 29.8 Å². The summed E-state index contributed by atoms with van der Waals surface area (Å²) in [6.07, 6.45) is 1.38. The lowest BCUT2D eigenvalue weighted by molar-refractivity contribution is -0.152. The summed E-state index contributed by atoms with van der Waals surface area (Å²) in [5.74, 6) is -1.85. The maximum atomic E-state index is 13.0. The Morgan fingerprint density at radius 3 is 2.55 bits per heavy atom. The van der Waals surface area contributed by atoms with Gasteiger partial charge in [-0.3, -0.25) is 9.59 Å². The van der Waals surface area contributed by atoms with Gasteiger partial charge < -0.3 is 10.0 Å². The number of carboxylic acid groups (broad SMARTS) is 1. The first kappa shape index (κ1) is 14.4. The Hall–Kier alpha value is -1.98. The van der Waals surface area contributed by atoms with Gasteiger partial charge in [0.15, 0.2) is 0 Å². The maximum Gasteiger partial charge on any atom is 0.309 e. The van der Waals surface area contributed by atoms with Gasteiger partial charge in [0.1, 0.15) is 5.69 Å². The molecule has 108 valence electrons. The van der Waals surface area contributed by atoms with Crippen LogP contribution in [0.3, 0.4) is 0 Å². The molecule has 0 unspecified atom stereocenters. The molecule has 0 aromatic carbocycles. The summed E-state index contributed by atoms with van der Waals surface area (Å²) in [6, 6.07) is 4.08. The van der Waals surface area contributed by atoms with E-state index in [1.807, 2.05) is 6.92 Å². The highest BCUT2D eigenvalue weighted by Gasteiger charge is 2.41. The molecule has 0 saturated carbocycles. The van der Waals surface area contributed by atoms with E-state index in [4.69, 9.17) is 0 Å². The lowest BCUT2D eigenvalue weighted by atomic mass is 9.76. The highest BCUT2D eigenvalue weighted by Crippen LogP contribution is 2.35. The summed E-state index contributed by atoms with van der Waals surface area (Å²) in [6.45, 7) is 2.56. The van der Waals surface area contributed by atoms with Crippen molar-refractivity contribution in [2.24, 2.45) is 5.41 Å². The predicted octanol–water partition coefficient (Wildman–Crippen LogP) is 1.94. The predicted molar refractivity (Wildman–Crippen MR) is 69.7 cm³/mol. The van der Waals surface area contributed by atoms with Crippen molar-refractivity contribution in [2.75, 3.05) is 13.1 Å². The van der Waals surface area contributed by atoms with E-state index in [2.05, 4.69) is 4.98 Å². The van der Waals surface area contributed by atoms with Crippen molar-refractivity contribution in [1.82, 2.24) is 9.88 Å². The Kier molecular flexibility index (Phi) is 4.01. The molecule has 0 aliphatic carbocycles. The van der Waals surface area contributed by atoms with Gasteiger partial charge in [-0.05, 0) is 31.4 Å². The zero-order valence-corrected chi connectivity index (χ0v) is 11.3. The van der Waals surface area contributed by atoms with E-state index in [0.717, 1.165) is 0 Å². The number of likely N-dealkylation sites (tertiary alicyclic amines) is 1. The number of hydrogen-bond donors (Lipinski definition) is 1. The zero-order valence-electron chi connectivity index (χ0n) is 11.3. The molecule has 1 fully saturated rings. The fraction of sp³-hybridized carbons (Fsp3) is 0.500. The van der Waals surface area contributed by atoms with Gasteiger partial charge in [-0.15, -0.1) is 0 Å². The lowest BCUT2D eigenvalue weighted by Gasteiger charge is -2.38. The topological polar surface area (TPSA) is 70.5 Å². The first-order chi connectivity index (χ1) is 9.48. The summed E-state index contributed by atoms with van der Waals surface area (Å²) in [4.78, 5) is 28.6. The summed E-state index contributed by atoms with van der Waals surface area (Å²) in [7, 11) is 0. The number of aromatic nitrogens is 1. The fourth-order valence-corrected chi connectivity index (χ4v) is 2.55. The summed E-state index contributed by atoms with van der Waals surface area (Å²) >= 11 is 0. The van der Waals surface area contributed by atoms with Gasteiger partial charge >= 0.3 is 5.97 Å². The number of carboxylic acids is 1. The van der Waals surface area contributed by atoms with Crippen molar-refractivity contribution in [1.29, 1.82) is 0 Å². The second-order valence-corrected chi connectivity index (χ2v) is 5.08. The molecule has 0 radical (unpaired) electrons. The van der Waals surface area contributed by atoms with Crippen LogP contribution in [0.25, 0.3) is 0 Å². The van der Waals surface area contributed by atoms with Gasteiger partial charge in [0.2, 0.25) is 5.95 Å². The second-order valence-electron chi connectivity index (χ2n) is 5.08. The van der Waals surface area contributed by atoms with Crippen LogP contribution in [-0.4, -0.2) is 40.0 Å². The Morgan fingerprint density at radius 2 is 2.05 bits per heavy atom. The van der Waals surface area contributed by atoms with Gasteiger partial charge in [0.05, 0.1) is 5.41 Å². The summed E-state index contributed by atoms with van der Waals surface area (Å²) < 4.78 is 13.0. The van der Waals surface area contributed by atoms with E-state index in [-0.39, 0.29) is 11.6 Å². The molecule has 2 heterocycles. The average molecular weight is 280 g/mol. The SMILES string of the molecule is CCC1(C(=O)O)CCN(C(=O)c2cccc(F)n2)CC1. The number of halogens is 1. The van der Waals surface area contributed by atoms with Crippen molar-refractivity contribution in [2.45, 2.75) is 26.2 Å². The molecule has 5 nitrogen and oxygen atoms in total. The number of nitrogens with zero attached hydrogens (tertiary/aromatic N) is 2. The molecular formula is C14H17FN2O3. The van der Waals surface area contributed by atoms with Crippen LogP contribution in [0.5, 0.6) is 0 Å². The number of hydrogen-bond acceptors (Lipinski definition) is 3. The number of carbonyl (C=O) groups is 2. The van der Waals surface area contributed by atoms with Crippen LogP contribution in [0.2, 0.25) is 0 Å². The fourth-order valence-electron chi connectivity index (χ4n) is 2.55. The van der Waals surface area contributed by atoms with E-state index < -0.39 is 17.3 Å². The highest BCUT2D eigenvalue weighted by atomic mass is 19.1. The van der Waals surface area contributed by atoms with Crippen molar-refractivity contribution in [3.63, 3.8) is 0 Å². The van der Waals surface area contributed by atoms with E-state index in [1.54, 1.807) is 4.90 Å². The van der Waals surface area contributed by atoms with Crippen LogP contribution in [0, 0.1) is 11.4 Å². The number of piperidine rings is 1. The molecule has 1 aromatic heterocycles. The maximum absolute atomic E-state index is 13.0. The van der Waals surface area contributed by atoms with Crippen molar-refractivity contribution < 1.29 is 19.1 Å². The largest absolute Gasteiger partial charge is 0.481 e. The molecular weight excluding hydrogens is 263 g/mol. The van der Waals surface area contributed by atoms with E-state index in [1.165, 1.54) is 18.2 Å². The highest BCUT2D eigenvalue weighted by molar-refractivity contribution is 5.92. The second kappa shape index (κ2) is 5.56. The molecule has 1 amide bonds. The van der Waals surface area contributed by atoms with Crippen LogP contribution in [-0.2, 0) is 4.79 Å². The summed E-state index contributed by atoms with van der Waals surface area (Å²) in [5.41, 5.74) is -0.684. The number of carbonyl (C=O) groups excluding carboxylic acids is 1. The molecule has 0 spiro atoms. The Morgan fingerprint density at radius 1 is 1.40 bits per heavy atom. The van der Waals surface area contributed by atoms with Gasteiger partial charge in [-0.1, -0.05) is 13.0 Å². The van der Waals surface area contributed by atoms with Crippen LogP contribution in [0.4, 0.5) is 4.39 Å². The molecule has 1 aliphatic rings. The molecule has 20 heavy (non-hydrogen) atoms. The molecule has 1 aromatic rings. The van der Waals surface area contributed by atoms with Gasteiger partial charge in [0.25, 0.3) is 5.91 Å². The standard InChI is InChI=1S/C14H17FN2O3/c1-2-14(13(19)20)6-8-17(9-7-14)12(18)10-4-3-5-11(15)16-10/h3-5H,2,6-9H2,1H3,(H,19,20). The number of rotatable bonds is 3. The average Bonchev–Trinajstić information content (AvgIpc) is 2.46. The van der Waals surface area contributed by atoms with Crippen molar-refractivity contribution in [3.8, 4) is 0 Å². The number of aliphatic carboxylic acids is 1. The van der Waals surface area contributed by atoms with Crippen LogP contribution >= 0.6 is 0 Å². The van der Waals surface area contributed by atoms with E-state index in [9.17, 15) is 19.1 Å². The number of amides is 1. The molecule has 6 heteroatoms. The third kappa shape index (κ3) is 2.64. The van der Waals surface area contributed by atoms with Crippen LogP contribution < -0.4 is 0 Å². The monoisotopic (exact) mass is 280 g/mol. The Bertz CT molecular complexity index is 525. The third-order valence-corrected chi connectivity index (χ3v) is 4.07. The van der Waals surface area contributed by atoms with Crippen LogP contribution in [0.15, 0.2) is 18.2 Å². The first-order valence-electron chi connectivity index (χ1n) is 6.64. The van der Waals surface area contributed by atoms with Crippen molar-refractivity contribution >= 4 is 11.9 Å². The molecule has 1 aliphatic heterocycles. The molecule has 1 saturated heterocycles. The quantitative estimate of drug-likeness (QED) is 0.859. The molecule has 0 atom stereocenters. The minimum atomic E-state index is -0.809. The Labute approximate surface area is 116 Å². The zero-order chi connectivity index (χ0) is 14.8. The minimum Gasteiger partial charge on any atom is -0.481 e. The van der Waals surface area contributed by atoms with Gasteiger partial charge in [0, 0.05) is 13.1 Å². The van der Waals surface area contributed by atoms with Gasteiger partial charge in [-0.2, -0.15) is 4.39 Å². The minimum absolute atomic E-state index is 0.0596. The molecule has 0 bridgehead atoms. The smallest absolute Gasteiger partial charge is 0.309 e. The summed E-state index contributed by atoms with van der Waals surface area (Å²) in [5, 5.41) is 9.30. The van der Waals surface area contributed by atoms with Crippen LogP contribution in [0.1, 0.15) is 36.7 Å². The Balaban J connectivity index is 2.07. The van der Waals surface area contributed by atoms with E-state index in [0.29, 0.717) is 32.4 Å². The van der Waals surface area contributed by atoms with E-state index >= 15 is 0 Å². The number of pyridine rings is 1.